The summed E-state index contributed by atoms with van der Waals surface area (Å²) in [5.41, 5.74) is -1.50. The molecular formula is C31H34F3N3O4. The number of amides is 2. The highest BCUT2D eigenvalue weighted by Crippen LogP contribution is 2.40. The van der Waals surface area contributed by atoms with Crippen LogP contribution in [0.1, 0.15) is 80.2 Å². The lowest BCUT2D eigenvalue weighted by molar-refractivity contribution is -0.140. The van der Waals surface area contributed by atoms with Gasteiger partial charge in [0.2, 0.25) is 0 Å². The van der Waals surface area contributed by atoms with Crippen molar-refractivity contribution in [3.05, 3.63) is 87.3 Å². The first-order valence-electron chi connectivity index (χ1n) is 13.5. The molecule has 0 fully saturated rings. The molecule has 0 radical (unpaired) electrons. The number of nitrogens with one attached hydrogen (secondary N) is 2. The molecule has 4 rings (SSSR count). The van der Waals surface area contributed by atoms with Crippen LogP contribution in [0.2, 0.25) is 0 Å². The molecule has 2 heterocycles. The maximum Gasteiger partial charge on any atom is 0.431 e. The van der Waals surface area contributed by atoms with Crippen LogP contribution in [-0.4, -0.2) is 28.6 Å². The number of hydrogen-bond donors (Lipinski definition) is 2. The van der Waals surface area contributed by atoms with Crippen LogP contribution in [0, 0.1) is 6.92 Å². The van der Waals surface area contributed by atoms with Gasteiger partial charge < -0.3 is 15.0 Å². The number of carbonyl (C=O) groups excluding carboxylic acids is 2. The number of anilines is 1. The highest BCUT2D eigenvalue weighted by molar-refractivity contribution is 5.96. The standard InChI is InChI=1S/C31H34F3N3O4/c1-6-10-20-16-24(22-15-18(2)13-14-25(22)37(20)29(40)41-30(3,4)5)35-27(38)23-17-21(19-11-8-7-9-12-19)26(31(32,33)34)36-28(23)39/h7-9,11-15,17,20,24H,6,10,16H2,1-5H3,(H,35,38)(H,36,39)/t20-,24?/m0/s1. The van der Waals surface area contributed by atoms with E-state index in [-0.39, 0.29) is 17.2 Å². The summed E-state index contributed by atoms with van der Waals surface area (Å²) < 4.78 is 47.2. The number of alkyl halides is 3. The molecule has 0 saturated carbocycles. The molecule has 2 atom stereocenters. The van der Waals surface area contributed by atoms with E-state index in [1.807, 2.05) is 31.0 Å². The van der Waals surface area contributed by atoms with Gasteiger partial charge in [0.05, 0.1) is 11.7 Å². The van der Waals surface area contributed by atoms with Gasteiger partial charge in [-0.15, -0.1) is 0 Å². The van der Waals surface area contributed by atoms with Crippen molar-refractivity contribution >= 4 is 17.7 Å². The van der Waals surface area contributed by atoms with Crippen molar-refractivity contribution in [2.24, 2.45) is 0 Å². The fraction of sp³-hybridized carbons (Fsp3) is 0.387. The normalized spacial score (nSPS) is 17.1. The first kappa shape index (κ1) is 29.9. The fourth-order valence-electron chi connectivity index (χ4n) is 5.15. The number of pyridine rings is 1. The number of rotatable bonds is 5. The third kappa shape index (κ3) is 6.64. The van der Waals surface area contributed by atoms with Gasteiger partial charge in [0.25, 0.3) is 11.5 Å². The molecule has 0 spiro atoms. The predicted molar refractivity (Wildman–Crippen MR) is 151 cm³/mol. The summed E-state index contributed by atoms with van der Waals surface area (Å²) in [5.74, 6) is -0.810. The Bertz CT molecular complexity index is 1490. The van der Waals surface area contributed by atoms with Gasteiger partial charge >= 0.3 is 12.3 Å². The van der Waals surface area contributed by atoms with E-state index in [4.69, 9.17) is 4.74 Å². The second-order valence-corrected chi connectivity index (χ2v) is 11.3. The largest absolute Gasteiger partial charge is 0.443 e. The maximum absolute atomic E-state index is 13.8. The minimum absolute atomic E-state index is 0.208. The number of aryl methyl sites for hydroxylation is 1. The number of ether oxygens (including phenoxy) is 1. The average Bonchev–Trinajstić information content (AvgIpc) is 2.88. The van der Waals surface area contributed by atoms with Crippen LogP contribution < -0.4 is 15.8 Å². The van der Waals surface area contributed by atoms with E-state index in [9.17, 15) is 27.6 Å². The molecule has 0 saturated heterocycles. The highest BCUT2D eigenvalue weighted by Gasteiger charge is 2.40. The van der Waals surface area contributed by atoms with Crippen molar-refractivity contribution in [3.8, 4) is 11.1 Å². The van der Waals surface area contributed by atoms with Gasteiger partial charge in [0, 0.05) is 11.6 Å². The topological polar surface area (TPSA) is 91.5 Å². The second kappa shape index (κ2) is 11.4. The Morgan fingerprint density at radius 3 is 2.37 bits per heavy atom. The van der Waals surface area contributed by atoms with Crippen LogP contribution in [0.5, 0.6) is 0 Å². The molecule has 1 aliphatic heterocycles. The Balaban J connectivity index is 1.75. The number of H-pyrrole nitrogens is 1. The number of aromatic amines is 1. The van der Waals surface area contributed by atoms with E-state index in [1.165, 1.54) is 12.1 Å². The van der Waals surface area contributed by atoms with Crippen molar-refractivity contribution in [2.45, 2.75) is 77.7 Å². The minimum Gasteiger partial charge on any atom is -0.443 e. The molecule has 0 aliphatic carbocycles. The third-order valence-corrected chi connectivity index (χ3v) is 6.86. The van der Waals surface area contributed by atoms with Crippen LogP contribution in [0.4, 0.5) is 23.7 Å². The number of halogens is 3. The SMILES string of the molecule is CCC[C@H]1CC(NC(=O)c2cc(-c3ccccc3)c(C(F)(F)F)[nH]c2=O)c2cc(C)ccc2N1C(=O)OC(C)(C)C. The van der Waals surface area contributed by atoms with Crippen LogP contribution in [-0.2, 0) is 10.9 Å². The van der Waals surface area contributed by atoms with Crippen LogP contribution in [0.15, 0.2) is 59.4 Å². The lowest BCUT2D eigenvalue weighted by atomic mass is 9.88. The maximum atomic E-state index is 13.8. The van der Waals surface area contributed by atoms with Crippen molar-refractivity contribution in [2.75, 3.05) is 4.90 Å². The monoisotopic (exact) mass is 569 g/mol. The number of fused-ring (bicyclic) bond motifs is 1. The van der Waals surface area contributed by atoms with Gasteiger partial charge in [-0.3, -0.25) is 14.5 Å². The average molecular weight is 570 g/mol. The number of aromatic nitrogens is 1. The summed E-state index contributed by atoms with van der Waals surface area (Å²) in [5, 5.41) is 2.87. The summed E-state index contributed by atoms with van der Waals surface area (Å²) >= 11 is 0. The van der Waals surface area contributed by atoms with Gasteiger partial charge in [0.15, 0.2) is 0 Å². The zero-order valence-corrected chi connectivity index (χ0v) is 23.7. The molecule has 2 aromatic carbocycles. The van der Waals surface area contributed by atoms with Gasteiger partial charge in [-0.05, 0) is 63.8 Å². The van der Waals surface area contributed by atoms with E-state index in [0.29, 0.717) is 24.1 Å². The highest BCUT2D eigenvalue weighted by atomic mass is 19.4. The van der Waals surface area contributed by atoms with Crippen LogP contribution >= 0.6 is 0 Å². The molecule has 7 nitrogen and oxygen atoms in total. The molecule has 2 amide bonds. The molecule has 0 bridgehead atoms. The summed E-state index contributed by atoms with van der Waals surface area (Å²) in [4.78, 5) is 43.1. The molecule has 41 heavy (non-hydrogen) atoms. The second-order valence-electron chi connectivity index (χ2n) is 11.3. The summed E-state index contributed by atoms with van der Waals surface area (Å²) in [6.45, 7) is 9.22. The first-order valence-corrected chi connectivity index (χ1v) is 13.5. The molecule has 218 valence electrons. The van der Waals surface area contributed by atoms with E-state index in [0.717, 1.165) is 18.1 Å². The molecule has 1 unspecified atom stereocenters. The van der Waals surface area contributed by atoms with Gasteiger partial charge in [-0.1, -0.05) is 61.4 Å². The van der Waals surface area contributed by atoms with Crippen molar-refractivity contribution in [1.82, 2.24) is 10.3 Å². The van der Waals surface area contributed by atoms with Crippen LogP contribution in [0.25, 0.3) is 11.1 Å². The zero-order chi connectivity index (χ0) is 30.1. The van der Waals surface area contributed by atoms with Gasteiger partial charge in [-0.25, -0.2) is 4.79 Å². The Kier molecular flexibility index (Phi) is 8.33. The summed E-state index contributed by atoms with van der Waals surface area (Å²) in [7, 11) is 0. The Hall–Kier alpha value is -4.08. The van der Waals surface area contributed by atoms with Crippen molar-refractivity contribution < 1.29 is 27.5 Å². The van der Waals surface area contributed by atoms with Gasteiger partial charge in [-0.2, -0.15) is 13.2 Å². The Morgan fingerprint density at radius 1 is 1.07 bits per heavy atom. The predicted octanol–water partition coefficient (Wildman–Crippen LogP) is 7.15. The van der Waals surface area contributed by atoms with E-state index >= 15 is 0 Å². The molecular weight excluding hydrogens is 535 g/mol. The summed E-state index contributed by atoms with van der Waals surface area (Å²) in [6.07, 6.45) is -3.63. The zero-order valence-electron chi connectivity index (χ0n) is 23.7. The molecule has 1 aliphatic rings. The number of carbonyl (C=O) groups is 2. The van der Waals surface area contributed by atoms with Crippen molar-refractivity contribution in [3.63, 3.8) is 0 Å². The fourth-order valence-corrected chi connectivity index (χ4v) is 5.15. The van der Waals surface area contributed by atoms with E-state index < -0.39 is 46.6 Å². The minimum atomic E-state index is -4.84. The molecule has 10 heteroatoms. The number of hydrogen-bond acceptors (Lipinski definition) is 4. The van der Waals surface area contributed by atoms with Crippen LogP contribution in [0.3, 0.4) is 0 Å². The molecule has 3 aromatic rings. The van der Waals surface area contributed by atoms with E-state index in [2.05, 4.69) is 5.32 Å². The Labute approximate surface area is 236 Å². The van der Waals surface area contributed by atoms with Gasteiger partial charge in [0.1, 0.15) is 16.9 Å². The molecule has 2 N–H and O–H groups in total. The molecule has 1 aromatic heterocycles. The Morgan fingerprint density at radius 2 is 1.76 bits per heavy atom. The number of benzene rings is 2. The first-order chi connectivity index (χ1) is 19.2. The number of nitrogens with zero attached hydrogens (tertiary/aromatic N) is 1. The lowest BCUT2D eigenvalue weighted by Gasteiger charge is -2.41. The summed E-state index contributed by atoms with van der Waals surface area (Å²) in [6, 6.07) is 13.3. The third-order valence-electron chi connectivity index (χ3n) is 6.86. The quantitative estimate of drug-likeness (QED) is 0.341. The van der Waals surface area contributed by atoms with Crippen molar-refractivity contribution in [1.29, 1.82) is 0 Å². The lowest BCUT2D eigenvalue weighted by Crippen LogP contribution is -2.49. The van der Waals surface area contributed by atoms with E-state index in [1.54, 1.807) is 49.9 Å². The smallest absolute Gasteiger partial charge is 0.431 e.